The monoisotopic (exact) mass is 219 g/mol. The topological polar surface area (TPSA) is 46.6 Å². The number of rotatable bonds is 2. The number of carbonyl (C=O) groups excluding carboxylic acids is 2. The molecule has 1 amide bonds. The van der Waals surface area contributed by atoms with E-state index in [0.29, 0.717) is 13.0 Å². The van der Waals surface area contributed by atoms with Crippen molar-refractivity contribution in [3.8, 4) is 0 Å². The fourth-order valence-electron chi connectivity index (χ4n) is 1.64. The van der Waals surface area contributed by atoms with E-state index in [9.17, 15) is 9.59 Å². The fourth-order valence-corrected chi connectivity index (χ4v) is 1.77. The number of hydrogen-bond donors (Lipinski definition) is 0. The zero-order valence-electron chi connectivity index (χ0n) is 8.33. The first-order chi connectivity index (χ1) is 6.57. The highest BCUT2D eigenvalue weighted by Crippen LogP contribution is 2.20. The van der Waals surface area contributed by atoms with Gasteiger partial charge in [-0.25, -0.2) is 4.79 Å². The predicted molar refractivity (Wildman–Crippen MR) is 52.1 cm³/mol. The number of methoxy groups -OCH3 is 1. The van der Waals surface area contributed by atoms with E-state index in [1.807, 2.05) is 0 Å². The summed E-state index contributed by atoms with van der Waals surface area (Å²) in [5, 5.41) is -0.583. The number of carbonyl (C=O) groups is 2. The van der Waals surface area contributed by atoms with Crippen molar-refractivity contribution < 1.29 is 14.3 Å². The van der Waals surface area contributed by atoms with Crippen LogP contribution in [-0.2, 0) is 14.3 Å². The minimum absolute atomic E-state index is 0.195. The van der Waals surface area contributed by atoms with Crippen LogP contribution < -0.4 is 0 Å². The van der Waals surface area contributed by atoms with Crippen LogP contribution in [0, 0.1) is 0 Å². The van der Waals surface area contributed by atoms with E-state index in [1.54, 1.807) is 6.92 Å². The van der Waals surface area contributed by atoms with Crippen LogP contribution in [0.15, 0.2) is 0 Å². The zero-order valence-corrected chi connectivity index (χ0v) is 9.08. The van der Waals surface area contributed by atoms with E-state index in [1.165, 1.54) is 12.0 Å². The lowest BCUT2D eigenvalue weighted by Crippen LogP contribution is -2.43. The highest BCUT2D eigenvalue weighted by Gasteiger charge is 2.35. The summed E-state index contributed by atoms with van der Waals surface area (Å²) in [5.41, 5.74) is 0. The Balaban J connectivity index is 2.68. The van der Waals surface area contributed by atoms with Gasteiger partial charge in [0.25, 0.3) is 0 Å². The van der Waals surface area contributed by atoms with E-state index in [0.717, 1.165) is 6.42 Å². The van der Waals surface area contributed by atoms with Crippen molar-refractivity contribution in [2.45, 2.75) is 31.2 Å². The van der Waals surface area contributed by atoms with Crippen molar-refractivity contribution in [1.82, 2.24) is 4.90 Å². The smallest absolute Gasteiger partial charge is 0.328 e. The van der Waals surface area contributed by atoms with Crippen LogP contribution in [0.1, 0.15) is 19.8 Å². The second kappa shape index (κ2) is 4.64. The van der Waals surface area contributed by atoms with Gasteiger partial charge in [0.05, 0.1) is 7.11 Å². The number of hydrogen-bond acceptors (Lipinski definition) is 3. The Morgan fingerprint density at radius 3 is 2.71 bits per heavy atom. The van der Waals surface area contributed by atoms with Crippen molar-refractivity contribution in [2.24, 2.45) is 0 Å². The minimum Gasteiger partial charge on any atom is -0.467 e. The summed E-state index contributed by atoms with van der Waals surface area (Å²) in [6.45, 7) is 2.20. The van der Waals surface area contributed by atoms with Gasteiger partial charge in [0, 0.05) is 6.54 Å². The van der Waals surface area contributed by atoms with Crippen molar-refractivity contribution in [1.29, 1.82) is 0 Å². The third-order valence-corrected chi connectivity index (χ3v) is 2.54. The maximum absolute atomic E-state index is 11.6. The van der Waals surface area contributed by atoms with Crippen LogP contribution >= 0.6 is 11.6 Å². The van der Waals surface area contributed by atoms with Crippen LogP contribution in [0.4, 0.5) is 0 Å². The average molecular weight is 220 g/mol. The van der Waals surface area contributed by atoms with E-state index in [-0.39, 0.29) is 11.9 Å². The molecule has 0 aromatic carbocycles. The fraction of sp³-hybridized carbons (Fsp3) is 0.778. The predicted octanol–water partition coefficient (Wildman–Crippen LogP) is 0.778. The van der Waals surface area contributed by atoms with Crippen molar-refractivity contribution in [3.63, 3.8) is 0 Å². The second-order valence-electron chi connectivity index (χ2n) is 3.33. The van der Waals surface area contributed by atoms with E-state index in [2.05, 4.69) is 4.74 Å². The van der Waals surface area contributed by atoms with Crippen molar-refractivity contribution >= 4 is 23.5 Å². The number of alkyl halides is 1. The molecule has 14 heavy (non-hydrogen) atoms. The highest BCUT2D eigenvalue weighted by atomic mass is 35.5. The molecule has 5 heteroatoms. The number of halogens is 1. The van der Waals surface area contributed by atoms with Gasteiger partial charge in [0.2, 0.25) is 5.91 Å². The Kier molecular flexibility index (Phi) is 3.75. The van der Waals surface area contributed by atoms with Crippen LogP contribution in [0.3, 0.4) is 0 Å². The van der Waals surface area contributed by atoms with Crippen LogP contribution in [0.2, 0.25) is 0 Å². The Labute approximate surface area is 88.2 Å². The Bertz CT molecular complexity index is 242. The Hall–Kier alpha value is -0.770. The van der Waals surface area contributed by atoms with E-state index in [4.69, 9.17) is 11.6 Å². The van der Waals surface area contributed by atoms with Gasteiger partial charge in [-0.3, -0.25) is 4.79 Å². The molecule has 0 spiro atoms. The van der Waals surface area contributed by atoms with Gasteiger partial charge in [0.15, 0.2) is 0 Å². The first-order valence-electron chi connectivity index (χ1n) is 4.60. The maximum atomic E-state index is 11.6. The van der Waals surface area contributed by atoms with Gasteiger partial charge >= 0.3 is 5.97 Å². The summed E-state index contributed by atoms with van der Waals surface area (Å²) in [6, 6.07) is -0.436. The molecule has 0 aromatic heterocycles. The summed E-state index contributed by atoms with van der Waals surface area (Å²) in [4.78, 5) is 24.4. The van der Waals surface area contributed by atoms with Crippen molar-refractivity contribution in [2.75, 3.05) is 13.7 Å². The SMILES string of the molecule is COC(=O)[C@@H]1CCCN1C(=O)[C@@H](C)Cl. The minimum atomic E-state index is -0.583. The summed E-state index contributed by atoms with van der Waals surface area (Å²) in [7, 11) is 1.33. The molecule has 80 valence electrons. The van der Waals surface area contributed by atoms with Gasteiger partial charge < -0.3 is 9.64 Å². The largest absolute Gasteiger partial charge is 0.467 e. The third kappa shape index (κ3) is 2.18. The summed E-state index contributed by atoms with van der Waals surface area (Å²) in [6.07, 6.45) is 1.50. The van der Waals surface area contributed by atoms with E-state index >= 15 is 0 Å². The molecule has 1 aliphatic rings. The van der Waals surface area contributed by atoms with Gasteiger partial charge in [-0.15, -0.1) is 11.6 Å². The molecule has 4 nitrogen and oxygen atoms in total. The number of nitrogens with zero attached hydrogens (tertiary/aromatic N) is 1. The van der Waals surface area contributed by atoms with Crippen LogP contribution in [0.5, 0.6) is 0 Å². The molecule has 1 heterocycles. The number of likely N-dealkylation sites (tertiary alicyclic amines) is 1. The van der Waals surface area contributed by atoms with Crippen molar-refractivity contribution in [3.05, 3.63) is 0 Å². The normalized spacial score (nSPS) is 23.4. The second-order valence-corrected chi connectivity index (χ2v) is 3.98. The van der Waals surface area contributed by atoms with Crippen LogP contribution in [-0.4, -0.2) is 41.8 Å². The molecule has 0 N–H and O–H groups in total. The lowest BCUT2D eigenvalue weighted by atomic mass is 10.2. The molecule has 1 aliphatic heterocycles. The van der Waals surface area contributed by atoms with Gasteiger partial charge in [-0.05, 0) is 19.8 Å². The molecule has 0 aromatic rings. The third-order valence-electron chi connectivity index (χ3n) is 2.35. The van der Waals surface area contributed by atoms with Crippen LogP contribution in [0.25, 0.3) is 0 Å². The lowest BCUT2D eigenvalue weighted by Gasteiger charge is -2.23. The summed E-state index contributed by atoms with van der Waals surface area (Å²) in [5.74, 6) is -0.548. The lowest BCUT2D eigenvalue weighted by molar-refractivity contribution is -0.150. The molecular weight excluding hydrogens is 206 g/mol. The molecule has 0 unspecified atom stereocenters. The molecule has 0 radical (unpaired) electrons. The average Bonchev–Trinajstić information content (AvgIpc) is 2.63. The molecule has 1 rings (SSSR count). The van der Waals surface area contributed by atoms with Gasteiger partial charge in [-0.1, -0.05) is 0 Å². The first-order valence-corrected chi connectivity index (χ1v) is 5.04. The molecule has 0 aliphatic carbocycles. The van der Waals surface area contributed by atoms with Gasteiger partial charge in [-0.2, -0.15) is 0 Å². The molecular formula is C9H14ClNO3. The Morgan fingerprint density at radius 2 is 2.21 bits per heavy atom. The number of esters is 1. The zero-order chi connectivity index (χ0) is 10.7. The number of ether oxygens (including phenoxy) is 1. The molecule has 0 bridgehead atoms. The summed E-state index contributed by atoms with van der Waals surface area (Å²) < 4.78 is 4.62. The quantitative estimate of drug-likeness (QED) is 0.509. The summed E-state index contributed by atoms with van der Waals surface area (Å²) >= 11 is 5.68. The molecule has 1 saturated heterocycles. The molecule has 2 atom stereocenters. The number of amides is 1. The first kappa shape index (κ1) is 11.3. The molecule has 1 fully saturated rings. The van der Waals surface area contributed by atoms with Gasteiger partial charge in [0.1, 0.15) is 11.4 Å². The van der Waals surface area contributed by atoms with E-state index < -0.39 is 11.4 Å². The standard InChI is InChI=1S/C9H14ClNO3/c1-6(10)8(12)11-5-3-4-7(11)9(13)14-2/h6-7H,3-5H2,1-2H3/t6-,7+/m1/s1. The Morgan fingerprint density at radius 1 is 1.57 bits per heavy atom. The maximum Gasteiger partial charge on any atom is 0.328 e. The highest BCUT2D eigenvalue weighted by molar-refractivity contribution is 6.30. The molecule has 0 saturated carbocycles.